The predicted molar refractivity (Wildman–Crippen MR) is 149 cm³/mol. The van der Waals surface area contributed by atoms with Gasteiger partial charge in [-0.2, -0.15) is 4.98 Å². The number of hydrogen-bond acceptors (Lipinski definition) is 6. The second-order valence-corrected chi connectivity index (χ2v) is 9.85. The van der Waals surface area contributed by atoms with E-state index >= 15 is 0 Å². The van der Waals surface area contributed by atoms with Crippen LogP contribution in [0.15, 0.2) is 42.9 Å². The highest BCUT2D eigenvalue weighted by atomic mass is 16.5. The van der Waals surface area contributed by atoms with Crippen LogP contribution in [0.25, 0.3) is 17.2 Å². The number of anilines is 1. The number of aryl methyl sites for hydroxylation is 2. The van der Waals surface area contributed by atoms with Gasteiger partial charge in [-0.15, -0.1) is 0 Å². The van der Waals surface area contributed by atoms with Gasteiger partial charge in [-0.25, -0.2) is 9.97 Å². The first-order valence-corrected chi connectivity index (χ1v) is 13.5. The van der Waals surface area contributed by atoms with E-state index in [4.69, 9.17) is 14.7 Å². The summed E-state index contributed by atoms with van der Waals surface area (Å²) in [4.78, 5) is 27.2. The van der Waals surface area contributed by atoms with Crippen molar-refractivity contribution in [2.24, 2.45) is 5.92 Å². The van der Waals surface area contributed by atoms with E-state index in [-0.39, 0.29) is 11.9 Å². The van der Waals surface area contributed by atoms with Crippen molar-refractivity contribution in [3.63, 3.8) is 0 Å². The predicted octanol–water partition coefficient (Wildman–Crippen LogP) is 5.35. The number of hydrogen-bond donors (Lipinski definition) is 2. The first kappa shape index (κ1) is 28.3. The molecule has 2 heterocycles. The highest BCUT2D eigenvalue weighted by molar-refractivity contribution is 5.84. The molecule has 0 saturated heterocycles. The highest BCUT2D eigenvalue weighted by Crippen LogP contribution is 2.20. The number of aromatic nitrogens is 4. The van der Waals surface area contributed by atoms with Crippen LogP contribution < -0.4 is 10.6 Å². The molecular weight excluding hydrogens is 464 g/mol. The zero-order valence-corrected chi connectivity index (χ0v) is 23.0. The van der Waals surface area contributed by atoms with Gasteiger partial charge in [-0.05, 0) is 45.4 Å². The van der Waals surface area contributed by atoms with Gasteiger partial charge >= 0.3 is 0 Å². The minimum atomic E-state index is -0.389. The summed E-state index contributed by atoms with van der Waals surface area (Å²) in [5, 5.41) is 6.45. The van der Waals surface area contributed by atoms with Crippen LogP contribution in [0.3, 0.4) is 0 Å². The van der Waals surface area contributed by atoms with Gasteiger partial charge in [-0.3, -0.25) is 9.36 Å². The van der Waals surface area contributed by atoms with Crippen LogP contribution >= 0.6 is 0 Å². The quantitative estimate of drug-likeness (QED) is 0.270. The number of nitrogens with one attached hydrogen (secondary N) is 2. The van der Waals surface area contributed by atoms with Crippen molar-refractivity contribution in [1.29, 1.82) is 0 Å². The van der Waals surface area contributed by atoms with E-state index < -0.39 is 0 Å². The number of rotatable bonds is 15. The fourth-order valence-corrected chi connectivity index (χ4v) is 4.00. The van der Waals surface area contributed by atoms with Gasteiger partial charge in [0.25, 0.3) is 0 Å². The third kappa shape index (κ3) is 8.97. The van der Waals surface area contributed by atoms with Crippen molar-refractivity contribution in [1.82, 2.24) is 24.8 Å². The molecular formula is C29H42N6O2. The fraction of sp³-hybridized carbons (Fsp3) is 0.517. The van der Waals surface area contributed by atoms with Crippen LogP contribution in [0.5, 0.6) is 0 Å². The van der Waals surface area contributed by atoms with Crippen LogP contribution in [-0.2, 0) is 16.0 Å². The van der Waals surface area contributed by atoms with Crippen LogP contribution in [0, 0.1) is 12.8 Å². The van der Waals surface area contributed by atoms with E-state index in [1.165, 1.54) is 5.56 Å². The van der Waals surface area contributed by atoms with Gasteiger partial charge in [0, 0.05) is 43.3 Å². The Balaban J connectivity index is 1.82. The van der Waals surface area contributed by atoms with Gasteiger partial charge in [-0.1, -0.05) is 57.0 Å². The maximum Gasteiger partial charge on any atom is 0.242 e. The molecule has 0 aliphatic carbocycles. The Morgan fingerprint density at radius 3 is 2.59 bits per heavy atom. The van der Waals surface area contributed by atoms with Crippen molar-refractivity contribution in [3.05, 3.63) is 54.1 Å². The fourth-order valence-electron chi connectivity index (χ4n) is 4.00. The summed E-state index contributed by atoms with van der Waals surface area (Å²) >= 11 is 0. The largest absolute Gasteiger partial charge is 0.382 e. The topological polar surface area (TPSA) is 94.0 Å². The number of amides is 1. The summed E-state index contributed by atoms with van der Waals surface area (Å²) in [6.07, 6.45) is 8.13. The number of nitrogens with zero attached hydrogens (tertiary/aromatic N) is 4. The molecule has 0 fully saturated rings. The van der Waals surface area contributed by atoms with Crippen molar-refractivity contribution in [3.8, 4) is 17.2 Å². The summed E-state index contributed by atoms with van der Waals surface area (Å²) in [6.45, 7) is 12.4. The molecule has 2 N–H and O–H groups in total. The lowest BCUT2D eigenvalue weighted by atomic mass is 10.0. The summed E-state index contributed by atoms with van der Waals surface area (Å²) in [7, 11) is 0. The third-order valence-corrected chi connectivity index (χ3v) is 6.03. The normalized spacial score (nSPS) is 12.1. The van der Waals surface area contributed by atoms with E-state index in [0.717, 1.165) is 42.6 Å². The molecule has 2 aromatic heterocycles. The zero-order chi connectivity index (χ0) is 26.6. The molecule has 8 heteroatoms. The molecule has 0 aliphatic heterocycles. The number of benzene rings is 1. The molecule has 0 saturated carbocycles. The van der Waals surface area contributed by atoms with Gasteiger partial charge in [0.05, 0.1) is 5.69 Å². The first-order chi connectivity index (χ1) is 17.9. The second-order valence-electron chi connectivity index (χ2n) is 9.85. The van der Waals surface area contributed by atoms with E-state index in [1.54, 1.807) is 6.33 Å². The Morgan fingerprint density at radius 2 is 1.89 bits per heavy atom. The van der Waals surface area contributed by atoms with Gasteiger partial charge in [0.2, 0.25) is 11.9 Å². The smallest absolute Gasteiger partial charge is 0.242 e. The number of imidazole rings is 1. The Hall–Kier alpha value is -3.26. The average Bonchev–Trinajstić information content (AvgIpc) is 3.37. The van der Waals surface area contributed by atoms with E-state index in [2.05, 4.69) is 67.6 Å². The van der Waals surface area contributed by atoms with Crippen molar-refractivity contribution in [2.75, 3.05) is 25.1 Å². The molecule has 200 valence electrons. The highest BCUT2D eigenvalue weighted by Gasteiger charge is 2.21. The number of ether oxygens (including phenoxy) is 1. The Labute approximate surface area is 221 Å². The Kier molecular flexibility index (Phi) is 11.1. The van der Waals surface area contributed by atoms with Gasteiger partial charge in [0.1, 0.15) is 18.2 Å². The zero-order valence-electron chi connectivity index (χ0n) is 23.0. The van der Waals surface area contributed by atoms with Crippen LogP contribution in [0.1, 0.15) is 64.6 Å². The average molecular weight is 507 g/mol. The standard InChI is InChI=1S/C29H42N6O2/c1-6-8-10-24-18-27(33-25(17-21(3)4)28(36)30-15-9-16-37-7-2)34-29(32-24)35-19-26(31-20-35)23-13-11-22(5)12-14-23/h11-14,18-21,25H,6-10,15-17H2,1-5H3,(H,30,36)(H,32,33,34)/t25-/m0/s1. The molecule has 0 bridgehead atoms. The lowest BCUT2D eigenvalue weighted by molar-refractivity contribution is -0.122. The van der Waals surface area contributed by atoms with E-state index in [1.807, 2.05) is 23.8 Å². The summed E-state index contributed by atoms with van der Waals surface area (Å²) in [6, 6.07) is 9.87. The second kappa shape index (κ2) is 14.5. The summed E-state index contributed by atoms with van der Waals surface area (Å²) in [5.41, 5.74) is 4.06. The number of carbonyl (C=O) groups is 1. The number of carbonyl (C=O) groups excluding carboxylic acids is 1. The van der Waals surface area contributed by atoms with Gasteiger partial charge < -0.3 is 15.4 Å². The Bertz CT molecular complexity index is 1110. The summed E-state index contributed by atoms with van der Waals surface area (Å²) < 4.78 is 7.23. The van der Waals surface area contributed by atoms with Crippen molar-refractivity contribution in [2.45, 2.75) is 72.8 Å². The molecule has 3 rings (SSSR count). The molecule has 8 nitrogen and oxygen atoms in total. The molecule has 3 aromatic rings. The first-order valence-electron chi connectivity index (χ1n) is 13.5. The number of unbranched alkanes of at least 4 members (excludes halogenated alkanes) is 1. The van der Waals surface area contributed by atoms with E-state index in [9.17, 15) is 4.79 Å². The lowest BCUT2D eigenvalue weighted by Gasteiger charge is -2.21. The lowest BCUT2D eigenvalue weighted by Crippen LogP contribution is -2.41. The minimum Gasteiger partial charge on any atom is -0.382 e. The van der Waals surface area contributed by atoms with Crippen LogP contribution in [-0.4, -0.2) is 51.2 Å². The van der Waals surface area contributed by atoms with Crippen LogP contribution in [0.2, 0.25) is 0 Å². The summed E-state index contributed by atoms with van der Waals surface area (Å²) in [5.74, 6) is 1.52. The van der Waals surface area contributed by atoms with E-state index in [0.29, 0.717) is 43.9 Å². The molecule has 37 heavy (non-hydrogen) atoms. The minimum absolute atomic E-state index is 0.0234. The molecule has 1 atom stereocenters. The maximum atomic E-state index is 13.0. The molecule has 0 radical (unpaired) electrons. The molecule has 0 spiro atoms. The van der Waals surface area contributed by atoms with Gasteiger partial charge in [0.15, 0.2) is 0 Å². The molecule has 0 unspecified atom stereocenters. The van der Waals surface area contributed by atoms with Crippen molar-refractivity contribution >= 4 is 11.7 Å². The molecule has 1 aromatic carbocycles. The van der Waals surface area contributed by atoms with Crippen LogP contribution in [0.4, 0.5) is 5.82 Å². The molecule has 1 amide bonds. The maximum absolute atomic E-state index is 13.0. The SMILES string of the molecule is CCCCc1cc(N[C@@H](CC(C)C)C(=O)NCCCOCC)nc(-n2cnc(-c3ccc(C)cc3)c2)n1. The molecule has 0 aliphatic rings. The van der Waals surface area contributed by atoms with Crippen molar-refractivity contribution < 1.29 is 9.53 Å². The monoisotopic (exact) mass is 506 g/mol. The Morgan fingerprint density at radius 1 is 1.11 bits per heavy atom. The third-order valence-electron chi connectivity index (χ3n) is 6.03.